The van der Waals surface area contributed by atoms with Gasteiger partial charge in [-0.25, -0.2) is 4.39 Å². The number of halogens is 1. The summed E-state index contributed by atoms with van der Waals surface area (Å²) in [6.07, 6.45) is 0. The van der Waals surface area contributed by atoms with E-state index in [4.69, 9.17) is 0 Å². The van der Waals surface area contributed by atoms with E-state index in [0.29, 0.717) is 4.90 Å². The van der Waals surface area contributed by atoms with Crippen LogP contribution in [-0.4, -0.2) is 5.78 Å². The molecule has 3 heteroatoms. The van der Waals surface area contributed by atoms with Crippen molar-refractivity contribution in [2.75, 3.05) is 0 Å². The van der Waals surface area contributed by atoms with E-state index in [1.54, 1.807) is 12.1 Å². The van der Waals surface area contributed by atoms with Gasteiger partial charge in [0.15, 0.2) is 5.78 Å². The highest BCUT2D eigenvalue weighted by Gasteiger charge is 2.13. The van der Waals surface area contributed by atoms with Gasteiger partial charge < -0.3 is 0 Å². The molecule has 2 aromatic rings. The van der Waals surface area contributed by atoms with Crippen LogP contribution in [0.15, 0.2) is 47.4 Å². The van der Waals surface area contributed by atoms with Gasteiger partial charge in [-0.05, 0) is 37.1 Å². The van der Waals surface area contributed by atoms with Crippen molar-refractivity contribution < 1.29 is 9.18 Å². The van der Waals surface area contributed by atoms with Gasteiger partial charge in [-0.3, -0.25) is 4.79 Å². The topological polar surface area (TPSA) is 17.1 Å². The summed E-state index contributed by atoms with van der Waals surface area (Å²) in [6.45, 7) is 3.45. The molecule has 0 saturated carbocycles. The third-order valence-corrected chi connectivity index (χ3v) is 4.08. The summed E-state index contributed by atoms with van der Waals surface area (Å²) < 4.78 is 13.7. The Labute approximate surface area is 116 Å². The summed E-state index contributed by atoms with van der Waals surface area (Å²) in [6, 6.07) is 12.8. The van der Waals surface area contributed by atoms with Gasteiger partial charge in [0.05, 0.1) is 5.56 Å². The van der Waals surface area contributed by atoms with Crippen molar-refractivity contribution in [3.63, 3.8) is 0 Å². The van der Waals surface area contributed by atoms with Gasteiger partial charge in [0.25, 0.3) is 0 Å². The van der Waals surface area contributed by atoms with Crippen molar-refractivity contribution in [2.45, 2.75) is 24.5 Å². The lowest BCUT2D eigenvalue weighted by molar-refractivity contribution is 0.101. The minimum absolute atomic E-state index is 0.195. The van der Waals surface area contributed by atoms with Crippen LogP contribution in [0.2, 0.25) is 0 Å². The van der Waals surface area contributed by atoms with Crippen LogP contribution in [-0.2, 0) is 5.75 Å². The summed E-state index contributed by atoms with van der Waals surface area (Å²) in [5, 5.41) is 0. The summed E-state index contributed by atoms with van der Waals surface area (Å²) in [7, 11) is 0. The molecule has 0 aliphatic rings. The van der Waals surface area contributed by atoms with E-state index in [1.165, 1.54) is 35.9 Å². The maximum atomic E-state index is 13.7. The van der Waals surface area contributed by atoms with Gasteiger partial charge in [0.1, 0.15) is 5.82 Å². The van der Waals surface area contributed by atoms with Crippen LogP contribution in [0.4, 0.5) is 4.39 Å². The van der Waals surface area contributed by atoms with Crippen molar-refractivity contribution >= 4 is 17.5 Å². The van der Waals surface area contributed by atoms with Crippen molar-refractivity contribution in [1.29, 1.82) is 0 Å². The van der Waals surface area contributed by atoms with Crippen molar-refractivity contribution in [3.8, 4) is 0 Å². The van der Waals surface area contributed by atoms with Crippen LogP contribution in [0.5, 0.6) is 0 Å². The van der Waals surface area contributed by atoms with Crippen LogP contribution in [0.25, 0.3) is 0 Å². The van der Waals surface area contributed by atoms with Crippen LogP contribution < -0.4 is 0 Å². The third-order valence-electron chi connectivity index (χ3n) is 2.97. The van der Waals surface area contributed by atoms with Gasteiger partial charge in [-0.15, -0.1) is 11.8 Å². The zero-order valence-electron chi connectivity index (χ0n) is 10.9. The van der Waals surface area contributed by atoms with E-state index in [-0.39, 0.29) is 11.3 Å². The quantitative estimate of drug-likeness (QED) is 0.597. The Morgan fingerprint density at radius 3 is 2.58 bits per heavy atom. The molecular weight excluding hydrogens is 259 g/mol. The molecule has 98 valence electrons. The first-order chi connectivity index (χ1) is 9.09. The Morgan fingerprint density at radius 1 is 1.16 bits per heavy atom. The highest BCUT2D eigenvalue weighted by molar-refractivity contribution is 7.98. The maximum Gasteiger partial charge on any atom is 0.163 e. The van der Waals surface area contributed by atoms with E-state index in [1.807, 2.05) is 25.1 Å². The van der Waals surface area contributed by atoms with Crippen LogP contribution >= 0.6 is 11.8 Å². The summed E-state index contributed by atoms with van der Waals surface area (Å²) in [4.78, 5) is 12.2. The predicted octanol–water partition coefficient (Wildman–Crippen LogP) is 4.63. The Morgan fingerprint density at radius 2 is 1.89 bits per heavy atom. The average Bonchev–Trinajstić information content (AvgIpc) is 2.37. The number of rotatable bonds is 4. The molecule has 0 atom stereocenters. The second kappa shape index (κ2) is 6.02. The lowest BCUT2D eigenvalue weighted by Crippen LogP contribution is -2.00. The number of hydrogen-bond acceptors (Lipinski definition) is 2. The molecule has 0 aliphatic heterocycles. The molecule has 0 radical (unpaired) electrons. The molecule has 0 heterocycles. The Balaban J connectivity index is 2.23. The third kappa shape index (κ3) is 3.24. The molecule has 0 spiro atoms. The van der Waals surface area contributed by atoms with E-state index < -0.39 is 5.82 Å². The molecule has 0 amide bonds. The van der Waals surface area contributed by atoms with Crippen LogP contribution in [0.1, 0.15) is 28.4 Å². The van der Waals surface area contributed by atoms with Gasteiger partial charge >= 0.3 is 0 Å². The molecule has 0 saturated heterocycles. The molecule has 0 unspecified atom stereocenters. The van der Waals surface area contributed by atoms with E-state index in [0.717, 1.165) is 5.75 Å². The normalized spacial score (nSPS) is 10.5. The minimum Gasteiger partial charge on any atom is -0.294 e. The fourth-order valence-corrected chi connectivity index (χ4v) is 3.09. The smallest absolute Gasteiger partial charge is 0.163 e. The SMILES string of the molecule is CC(=O)c1c(F)cccc1SCc1ccccc1C. The maximum absolute atomic E-state index is 13.7. The molecular formula is C16H15FOS. The second-order valence-electron chi connectivity index (χ2n) is 4.38. The van der Waals surface area contributed by atoms with E-state index in [9.17, 15) is 9.18 Å². The van der Waals surface area contributed by atoms with Crippen molar-refractivity contribution in [3.05, 3.63) is 65.0 Å². The second-order valence-corrected chi connectivity index (χ2v) is 5.40. The molecule has 0 N–H and O–H groups in total. The lowest BCUT2D eigenvalue weighted by Gasteiger charge is -2.09. The number of hydrogen-bond donors (Lipinski definition) is 0. The zero-order valence-corrected chi connectivity index (χ0v) is 11.8. The minimum atomic E-state index is -0.442. The van der Waals surface area contributed by atoms with E-state index in [2.05, 4.69) is 6.07 Å². The van der Waals surface area contributed by atoms with Gasteiger partial charge in [0, 0.05) is 10.6 Å². The van der Waals surface area contributed by atoms with E-state index >= 15 is 0 Å². The number of benzene rings is 2. The first-order valence-electron chi connectivity index (χ1n) is 6.06. The molecule has 0 fully saturated rings. The highest BCUT2D eigenvalue weighted by atomic mass is 32.2. The molecule has 0 aromatic heterocycles. The molecule has 19 heavy (non-hydrogen) atoms. The van der Waals surface area contributed by atoms with Gasteiger partial charge in [0.2, 0.25) is 0 Å². The van der Waals surface area contributed by atoms with Crippen molar-refractivity contribution in [2.24, 2.45) is 0 Å². The fourth-order valence-electron chi connectivity index (χ4n) is 1.89. The standard InChI is InChI=1S/C16H15FOS/c1-11-6-3-4-7-13(11)10-19-15-9-5-8-14(17)16(15)12(2)18/h3-9H,10H2,1-2H3. The largest absolute Gasteiger partial charge is 0.294 e. The first kappa shape index (κ1) is 13.8. The molecule has 1 nitrogen and oxygen atoms in total. The average molecular weight is 274 g/mol. The van der Waals surface area contributed by atoms with Gasteiger partial charge in [-0.1, -0.05) is 30.3 Å². The number of Topliss-reactive ketones (excluding diaryl/α,β-unsaturated/α-hetero) is 1. The van der Waals surface area contributed by atoms with Crippen LogP contribution in [0.3, 0.4) is 0 Å². The predicted molar refractivity (Wildman–Crippen MR) is 77.1 cm³/mol. The monoisotopic (exact) mass is 274 g/mol. The first-order valence-corrected chi connectivity index (χ1v) is 7.05. The van der Waals surface area contributed by atoms with Gasteiger partial charge in [-0.2, -0.15) is 0 Å². The number of carbonyl (C=O) groups is 1. The zero-order chi connectivity index (χ0) is 13.8. The number of carbonyl (C=O) groups excluding carboxylic acids is 1. The molecule has 2 rings (SSSR count). The molecule has 0 bridgehead atoms. The Kier molecular flexibility index (Phi) is 4.38. The number of ketones is 1. The fraction of sp³-hybridized carbons (Fsp3) is 0.188. The summed E-state index contributed by atoms with van der Waals surface area (Å²) in [5.41, 5.74) is 2.60. The molecule has 2 aromatic carbocycles. The summed E-state index contributed by atoms with van der Waals surface area (Å²) >= 11 is 1.50. The highest BCUT2D eigenvalue weighted by Crippen LogP contribution is 2.29. The van der Waals surface area contributed by atoms with Crippen molar-refractivity contribution in [1.82, 2.24) is 0 Å². The molecule has 0 aliphatic carbocycles. The number of thioether (sulfide) groups is 1. The summed E-state index contributed by atoms with van der Waals surface area (Å²) in [5.74, 6) is 0.0591. The number of aryl methyl sites for hydroxylation is 1. The Hall–Kier alpha value is -1.61. The Bertz CT molecular complexity index is 607. The lowest BCUT2D eigenvalue weighted by atomic mass is 10.1. The van der Waals surface area contributed by atoms with Crippen LogP contribution in [0, 0.1) is 12.7 Å².